The smallest absolute Gasteiger partial charge is 0.0594 e. The maximum absolute atomic E-state index is 5.53. The number of hydrogen-bond acceptors (Lipinski definition) is 3. The van der Waals surface area contributed by atoms with Gasteiger partial charge in [-0.3, -0.25) is 4.90 Å². The van der Waals surface area contributed by atoms with Crippen molar-refractivity contribution in [3.8, 4) is 0 Å². The molecule has 1 rings (SSSR count). The second-order valence-electron chi connectivity index (χ2n) is 6.35. The molecule has 0 saturated carbocycles. The van der Waals surface area contributed by atoms with Crippen LogP contribution in [0.4, 0.5) is 0 Å². The van der Waals surface area contributed by atoms with E-state index in [0.29, 0.717) is 6.04 Å². The third-order valence-corrected chi connectivity index (χ3v) is 5.05. The van der Waals surface area contributed by atoms with E-state index in [-0.39, 0.29) is 5.54 Å². The lowest BCUT2D eigenvalue weighted by molar-refractivity contribution is -0.0335. The Labute approximate surface area is 132 Å². The van der Waals surface area contributed by atoms with Gasteiger partial charge in [0, 0.05) is 24.7 Å². The highest BCUT2D eigenvalue weighted by atomic mass is 16.5. The highest BCUT2D eigenvalue weighted by Crippen LogP contribution is 2.28. The van der Waals surface area contributed by atoms with Crippen LogP contribution in [0.25, 0.3) is 0 Å². The molecule has 1 saturated heterocycles. The van der Waals surface area contributed by atoms with Gasteiger partial charge in [0.2, 0.25) is 0 Å². The van der Waals surface area contributed by atoms with Gasteiger partial charge in [0.15, 0.2) is 0 Å². The lowest BCUT2D eigenvalue weighted by Gasteiger charge is -2.48. The van der Waals surface area contributed by atoms with Gasteiger partial charge >= 0.3 is 0 Å². The molecule has 0 aliphatic carbocycles. The van der Waals surface area contributed by atoms with E-state index in [0.717, 1.165) is 39.3 Å². The average Bonchev–Trinajstić information content (AvgIpc) is 2.53. The van der Waals surface area contributed by atoms with Crippen LogP contribution in [0, 0.1) is 0 Å². The number of rotatable bonds is 11. The van der Waals surface area contributed by atoms with Crippen molar-refractivity contribution in [3.05, 3.63) is 12.7 Å². The molecule has 0 aromatic carbocycles. The first kappa shape index (κ1) is 18.7. The number of ether oxygens (including phenoxy) is 1. The van der Waals surface area contributed by atoms with Gasteiger partial charge in [-0.15, -0.1) is 6.58 Å². The van der Waals surface area contributed by atoms with E-state index in [2.05, 4.69) is 37.6 Å². The third-order valence-electron chi connectivity index (χ3n) is 5.05. The Morgan fingerprint density at radius 1 is 1.24 bits per heavy atom. The summed E-state index contributed by atoms with van der Waals surface area (Å²) in [6, 6.07) is 0.578. The number of allylic oxidation sites excluding steroid dienone is 1. The molecule has 2 atom stereocenters. The molecule has 0 radical (unpaired) electrons. The van der Waals surface area contributed by atoms with Gasteiger partial charge < -0.3 is 10.1 Å². The summed E-state index contributed by atoms with van der Waals surface area (Å²) >= 11 is 0. The molecule has 0 aromatic rings. The Balaban J connectivity index is 2.57. The molecule has 1 heterocycles. The minimum Gasteiger partial charge on any atom is -0.379 e. The number of hydrogen-bond donors (Lipinski definition) is 1. The van der Waals surface area contributed by atoms with Crippen LogP contribution >= 0.6 is 0 Å². The van der Waals surface area contributed by atoms with E-state index < -0.39 is 0 Å². The SMILES string of the molecule is C=CCCCCCC(NCC)C(C)(CC)N1CCOCC1. The van der Waals surface area contributed by atoms with E-state index in [9.17, 15) is 0 Å². The molecule has 2 unspecified atom stereocenters. The van der Waals surface area contributed by atoms with Crippen molar-refractivity contribution in [2.45, 2.75) is 70.9 Å². The lowest BCUT2D eigenvalue weighted by Crippen LogP contribution is -2.61. The first-order valence-electron chi connectivity index (χ1n) is 8.86. The topological polar surface area (TPSA) is 24.5 Å². The van der Waals surface area contributed by atoms with Crippen LogP contribution in [0.15, 0.2) is 12.7 Å². The van der Waals surface area contributed by atoms with Gasteiger partial charge in [-0.05, 0) is 39.2 Å². The van der Waals surface area contributed by atoms with Crippen molar-refractivity contribution in [2.24, 2.45) is 0 Å². The molecule has 1 aliphatic rings. The van der Waals surface area contributed by atoms with Crippen LogP contribution in [0.2, 0.25) is 0 Å². The first-order chi connectivity index (χ1) is 10.2. The zero-order valence-electron chi connectivity index (χ0n) is 14.5. The molecule has 1 aliphatic heterocycles. The van der Waals surface area contributed by atoms with Crippen molar-refractivity contribution >= 4 is 0 Å². The van der Waals surface area contributed by atoms with E-state index in [1.54, 1.807) is 0 Å². The second kappa shape index (κ2) is 10.4. The van der Waals surface area contributed by atoms with Crippen LogP contribution in [-0.2, 0) is 4.74 Å². The molecular formula is C18H36N2O. The van der Waals surface area contributed by atoms with Crippen LogP contribution in [0.5, 0.6) is 0 Å². The minimum absolute atomic E-state index is 0.248. The molecule has 3 heteroatoms. The summed E-state index contributed by atoms with van der Waals surface area (Å²) in [4.78, 5) is 2.65. The summed E-state index contributed by atoms with van der Waals surface area (Å²) in [6.07, 6.45) is 9.56. The molecule has 124 valence electrons. The molecule has 0 amide bonds. The fourth-order valence-electron chi connectivity index (χ4n) is 3.46. The zero-order valence-corrected chi connectivity index (χ0v) is 14.5. The van der Waals surface area contributed by atoms with Crippen molar-refractivity contribution in [1.29, 1.82) is 0 Å². The van der Waals surface area contributed by atoms with Crippen molar-refractivity contribution in [3.63, 3.8) is 0 Å². The second-order valence-corrected chi connectivity index (χ2v) is 6.35. The Morgan fingerprint density at radius 2 is 1.95 bits per heavy atom. The normalized spacial score (nSPS) is 20.9. The number of morpholine rings is 1. The Hall–Kier alpha value is -0.380. The maximum atomic E-state index is 5.53. The molecule has 0 bridgehead atoms. The zero-order chi connectivity index (χ0) is 15.6. The molecule has 3 nitrogen and oxygen atoms in total. The van der Waals surface area contributed by atoms with Crippen molar-refractivity contribution in [1.82, 2.24) is 10.2 Å². The number of likely N-dealkylation sites (N-methyl/N-ethyl adjacent to an activating group) is 1. The number of nitrogens with one attached hydrogen (secondary N) is 1. The quantitative estimate of drug-likeness (QED) is 0.466. The monoisotopic (exact) mass is 296 g/mol. The van der Waals surface area contributed by atoms with Crippen molar-refractivity contribution in [2.75, 3.05) is 32.8 Å². The summed E-state index contributed by atoms with van der Waals surface area (Å²) < 4.78 is 5.53. The fourth-order valence-corrected chi connectivity index (χ4v) is 3.46. The van der Waals surface area contributed by atoms with Crippen LogP contribution in [-0.4, -0.2) is 49.3 Å². The van der Waals surface area contributed by atoms with Gasteiger partial charge in [0.25, 0.3) is 0 Å². The van der Waals surface area contributed by atoms with Gasteiger partial charge in [-0.25, -0.2) is 0 Å². The lowest BCUT2D eigenvalue weighted by atomic mass is 9.83. The van der Waals surface area contributed by atoms with Gasteiger partial charge in [-0.1, -0.05) is 32.8 Å². The van der Waals surface area contributed by atoms with E-state index in [4.69, 9.17) is 4.74 Å². The molecule has 1 N–H and O–H groups in total. The molecular weight excluding hydrogens is 260 g/mol. The largest absolute Gasteiger partial charge is 0.379 e. The van der Waals surface area contributed by atoms with Gasteiger partial charge in [0.1, 0.15) is 0 Å². The molecule has 0 spiro atoms. The van der Waals surface area contributed by atoms with Crippen LogP contribution < -0.4 is 5.32 Å². The fraction of sp³-hybridized carbons (Fsp3) is 0.889. The third kappa shape index (κ3) is 5.72. The highest BCUT2D eigenvalue weighted by Gasteiger charge is 2.37. The average molecular weight is 296 g/mol. The summed E-state index contributed by atoms with van der Waals surface area (Å²) in [6.45, 7) is 15.8. The Morgan fingerprint density at radius 3 is 2.52 bits per heavy atom. The standard InChI is InChI=1S/C18H36N2O/c1-5-8-9-10-11-12-17(19-7-3)18(4,6-2)20-13-15-21-16-14-20/h5,17,19H,1,6-16H2,2-4H3. The summed E-state index contributed by atoms with van der Waals surface area (Å²) in [5.41, 5.74) is 0.248. The number of nitrogens with zero attached hydrogens (tertiary/aromatic N) is 1. The van der Waals surface area contributed by atoms with Crippen LogP contribution in [0.3, 0.4) is 0 Å². The molecule has 1 fully saturated rings. The summed E-state index contributed by atoms with van der Waals surface area (Å²) in [7, 11) is 0. The van der Waals surface area contributed by atoms with Crippen LogP contribution in [0.1, 0.15) is 59.3 Å². The van der Waals surface area contributed by atoms with E-state index >= 15 is 0 Å². The Kier molecular flexibility index (Phi) is 9.21. The number of unbranched alkanes of at least 4 members (excludes halogenated alkanes) is 3. The maximum Gasteiger partial charge on any atom is 0.0594 e. The molecule has 0 aromatic heterocycles. The minimum atomic E-state index is 0.248. The first-order valence-corrected chi connectivity index (χ1v) is 8.86. The van der Waals surface area contributed by atoms with Gasteiger partial charge in [0.05, 0.1) is 13.2 Å². The van der Waals surface area contributed by atoms with Gasteiger partial charge in [-0.2, -0.15) is 0 Å². The molecule has 21 heavy (non-hydrogen) atoms. The predicted octanol–water partition coefficient (Wildman–Crippen LogP) is 3.60. The predicted molar refractivity (Wildman–Crippen MR) is 91.8 cm³/mol. The van der Waals surface area contributed by atoms with E-state index in [1.165, 1.54) is 32.1 Å². The summed E-state index contributed by atoms with van der Waals surface area (Å²) in [5, 5.41) is 3.76. The Bertz CT molecular complexity index is 276. The van der Waals surface area contributed by atoms with Crippen molar-refractivity contribution < 1.29 is 4.74 Å². The summed E-state index contributed by atoms with van der Waals surface area (Å²) in [5.74, 6) is 0. The van der Waals surface area contributed by atoms with E-state index in [1.807, 2.05) is 6.08 Å². The highest BCUT2D eigenvalue weighted by molar-refractivity contribution is 4.96.